The number of carbonyl (C=O) groups is 1. The van der Waals surface area contributed by atoms with E-state index in [1.54, 1.807) is 30.3 Å². The third-order valence-corrected chi connectivity index (χ3v) is 5.96. The van der Waals surface area contributed by atoms with Crippen LogP contribution < -0.4 is 24.2 Å². The Kier molecular flexibility index (Phi) is 5.68. The second-order valence-corrected chi connectivity index (χ2v) is 8.33. The van der Waals surface area contributed by atoms with Crippen molar-refractivity contribution >= 4 is 27.3 Å². The molecule has 2 N–H and O–H groups in total. The van der Waals surface area contributed by atoms with Gasteiger partial charge in [0, 0.05) is 17.3 Å². The fraction of sp³-hybridized carbons (Fsp3) is 0.136. The van der Waals surface area contributed by atoms with Crippen LogP contribution in [0, 0.1) is 0 Å². The van der Waals surface area contributed by atoms with Crippen molar-refractivity contribution in [2.24, 2.45) is 0 Å². The predicted octanol–water partition coefficient (Wildman–Crippen LogP) is 3.52. The van der Waals surface area contributed by atoms with E-state index in [1.165, 1.54) is 43.5 Å². The van der Waals surface area contributed by atoms with Crippen LogP contribution in [0.1, 0.15) is 10.4 Å². The van der Waals surface area contributed by atoms with Gasteiger partial charge in [-0.1, -0.05) is 12.1 Å². The van der Waals surface area contributed by atoms with E-state index < -0.39 is 10.0 Å². The van der Waals surface area contributed by atoms with Crippen molar-refractivity contribution in [3.05, 3.63) is 72.3 Å². The predicted molar refractivity (Wildman–Crippen MR) is 116 cm³/mol. The highest BCUT2D eigenvalue weighted by molar-refractivity contribution is 7.92. The first kappa shape index (κ1) is 20.5. The lowest BCUT2D eigenvalue weighted by Gasteiger charge is -2.19. The number of nitrogens with one attached hydrogen (secondary N) is 2. The molecule has 160 valence electrons. The summed E-state index contributed by atoms with van der Waals surface area (Å²) in [6.45, 7) is 0.788. The second-order valence-electron chi connectivity index (χ2n) is 6.64. The van der Waals surface area contributed by atoms with Crippen LogP contribution in [0.5, 0.6) is 17.2 Å². The summed E-state index contributed by atoms with van der Waals surface area (Å²) in [5, 5.41) is 2.77. The molecule has 31 heavy (non-hydrogen) atoms. The SMILES string of the molecule is COc1ccccc1NC(=O)c1ccc(NS(=O)(=O)c2ccc3c(c2)OCCO3)cc1. The molecule has 0 saturated heterocycles. The molecule has 0 fully saturated rings. The number of anilines is 2. The summed E-state index contributed by atoms with van der Waals surface area (Å²) < 4.78 is 44.0. The van der Waals surface area contributed by atoms with Gasteiger partial charge in [-0.2, -0.15) is 0 Å². The summed E-state index contributed by atoms with van der Waals surface area (Å²) in [6.07, 6.45) is 0. The Morgan fingerprint density at radius 2 is 1.65 bits per heavy atom. The Morgan fingerprint density at radius 3 is 2.39 bits per heavy atom. The zero-order chi connectivity index (χ0) is 21.8. The number of sulfonamides is 1. The van der Waals surface area contributed by atoms with E-state index in [1.807, 2.05) is 0 Å². The Bertz CT molecular complexity index is 1210. The van der Waals surface area contributed by atoms with Gasteiger partial charge in [-0.05, 0) is 48.5 Å². The van der Waals surface area contributed by atoms with E-state index in [0.29, 0.717) is 47.4 Å². The molecule has 0 aromatic heterocycles. The molecule has 0 spiro atoms. The van der Waals surface area contributed by atoms with E-state index in [2.05, 4.69) is 10.0 Å². The second kappa shape index (κ2) is 8.57. The molecule has 9 heteroatoms. The Labute approximate surface area is 179 Å². The average Bonchev–Trinajstić information content (AvgIpc) is 2.79. The van der Waals surface area contributed by atoms with Crippen LogP contribution in [0.4, 0.5) is 11.4 Å². The lowest BCUT2D eigenvalue weighted by Crippen LogP contribution is -2.17. The average molecular weight is 440 g/mol. The van der Waals surface area contributed by atoms with Gasteiger partial charge in [-0.25, -0.2) is 8.42 Å². The van der Waals surface area contributed by atoms with Crippen LogP contribution in [0.2, 0.25) is 0 Å². The molecule has 3 aromatic carbocycles. The number of ether oxygens (including phenoxy) is 3. The van der Waals surface area contributed by atoms with Gasteiger partial charge in [0.15, 0.2) is 11.5 Å². The van der Waals surface area contributed by atoms with E-state index in [9.17, 15) is 13.2 Å². The van der Waals surface area contributed by atoms with E-state index in [4.69, 9.17) is 14.2 Å². The van der Waals surface area contributed by atoms with Crippen LogP contribution in [0.15, 0.2) is 71.6 Å². The molecule has 0 atom stereocenters. The first-order chi connectivity index (χ1) is 15.0. The number of benzene rings is 3. The monoisotopic (exact) mass is 440 g/mol. The van der Waals surface area contributed by atoms with Crippen LogP contribution >= 0.6 is 0 Å². The molecule has 0 radical (unpaired) electrons. The largest absolute Gasteiger partial charge is 0.495 e. The van der Waals surface area contributed by atoms with Crippen molar-refractivity contribution in [1.29, 1.82) is 0 Å². The summed E-state index contributed by atoms with van der Waals surface area (Å²) in [5.74, 6) is 1.10. The standard InChI is InChI=1S/C22H20N2O6S/c1-28-19-5-3-2-4-18(19)23-22(25)15-6-8-16(9-7-15)24-31(26,27)17-10-11-20-21(14-17)30-13-12-29-20/h2-11,14,24H,12-13H2,1H3,(H,23,25). The lowest BCUT2D eigenvalue weighted by molar-refractivity contribution is 0.102. The Hall–Kier alpha value is -3.72. The first-order valence-electron chi connectivity index (χ1n) is 9.43. The summed E-state index contributed by atoms with van der Waals surface area (Å²) in [4.78, 5) is 12.6. The zero-order valence-corrected chi connectivity index (χ0v) is 17.4. The molecule has 0 bridgehead atoms. The van der Waals surface area contributed by atoms with Gasteiger partial charge >= 0.3 is 0 Å². The molecule has 1 aliphatic heterocycles. The Morgan fingerprint density at radius 1 is 0.935 bits per heavy atom. The summed E-state index contributed by atoms with van der Waals surface area (Å²) in [6, 6.07) is 17.6. The van der Waals surface area contributed by atoms with Crippen molar-refractivity contribution < 1.29 is 27.4 Å². The number of methoxy groups -OCH3 is 1. The highest BCUT2D eigenvalue weighted by Gasteiger charge is 2.20. The van der Waals surface area contributed by atoms with E-state index in [-0.39, 0.29) is 10.8 Å². The Balaban J connectivity index is 1.47. The number of hydrogen-bond acceptors (Lipinski definition) is 6. The minimum atomic E-state index is -3.84. The van der Waals surface area contributed by atoms with Crippen molar-refractivity contribution in [2.75, 3.05) is 30.4 Å². The molecule has 0 aliphatic carbocycles. The molecule has 1 aliphatic rings. The van der Waals surface area contributed by atoms with E-state index in [0.717, 1.165) is 0 Å². The van der Waals surface area contributed by atoms with Crippen LogP contribution in [0.3, 0.4) is 0 Å². The molecular formula is C22H20N2O6S. The summed E-state index contributed by atoms with van der Waals surface area (Å²) in [7, 11) is -2.32. The lowest BCUT2D eigenvalue weighted by atomic mass is 10.2. The summed E-state index contributed by atoms with van der Waals surface area (Å²) in [5.41, 5.74) is 1.23. The van der Waals surface area contributed by atoms with Gasteiger partial charge in [0.2, 0.25) is 0 Å². The highest BCUT2D eigenvalue weighted by atomic mass is 32.2. The maximum Gasteiger partial charge on any atom is 0.262 e. The van der Waals surface area contributed by atoms with Crippen LogP contribution in [-0.4, -0.2) is 34.6 Å². The third kappa shape index (κ3) is 4.56. The van der Waals surface area contributed by atoms with Gasteiger partial charge in [0.1, 0.15) is 19.0 Å². The molecule has 8 nitrogen and oxygen atoms in total. The topological polar surface area (TPSA) is 103 Å². The number of carbonyl (C=O) groups excluding carboxylic acids is 1. The van der Waals surface area contributed by atoms with Crippen LogP contribution in [-0.2, 0) is 10.0 Å². The normalized spacial score (nSPS) is 12.7. The molecule has 4 rings (SSSR count). The van der Waals surface area contributed by atoms with Gasteiger partial charge in [-0.15, -0.1) is 0 Å². The minimum Gasteiger partial charge on any atom is -0.495 e. The summed E-state index contributed by atoms with van der Waals surface area (Å²) >= 11 is 0. The maximum atomic E-state index is 12.7. The molecule has 1 amide bonds. The van der Waals surface area contributed by atoms with Crippen molar-refractivity contribution in [3.8, 4) is 17.2 Å². The molecule has 0 saturated carbocycles. The number of fused-ring (bicyclic) bond motifs is 1. The number of para-hydroxylation sites is 2. The van der Waals surface area contributed by atoms with Gasteiger partial charge < -0.3 is 19.5 Å². The highest BCUT2D eigenvalue weighted by Crippen LogP contribution is 2.32. The molecular weight excluding hydrogens is 420 g/mol. The maximum absolute atomic E-state index is 12.7. The van der Waals surface area contributed by atoms with Gasteiger partial charge in [0.05, 0.1) is 17.7 Å². The van der Waals surface area contributed by atoms with Gasteiger partial charge in [-0.3, -0.25) is 9.52 Å². The fourth-order valence-electron chi connectivity index (χ4n) is 3.04. The van der Waals surface area contributed by atoms with Crippen LogP contribution in [0.25, 0.3) is 0 Å². The number of amides is 1. The number of hydrogen-bond donors (Lipinski definition) is 2. The fourth-order valence-corrected chi connectivity index (χ4v) is 4.11. The molecule has 1 heterocycles. The smallest absolute Gasteiger partial charge is 0.262 e. The minimum absolute atomic E-state index is 0.0507. The third-order valence-electron chi connectivity index (χ3n) is 4.58. The quantitative estimate of drug-likeness (QED) is 0.608. The molecule has 3 aromatic rings. The first-order valence-corrected chi connectivity index (χ1v) is 10.9. The van der Waals surface area contributed by atoms with E-state index >= 15 is 0 Å². The van der Waals surface area contributed by atoms with Gasteiger partial charge in [0.25, 0.3) is 15.9 Å². The molecule has 0 unspecified atom stereocenters. The van der Waals surface area contributed by atoms with Crippen molar-refractivity contribution in [3.63, 3.8) is 0 Å². The zero-order valence-electron chi connectivity index (χ0n) is 16.6. The number of rotatable bonds is 6. The van der Waals surface area contributed by atoms with Crippen molar-refractivity contribution in [2.45, 2.75) is 4.90 Å². The van der Waals surface area contributed by atoms with Crippen molar-refractivity contribution in [1.82, 2.24) is 0 Å².